The van der Waals surface area contributed by atoms with E-state index in [1.54, 1.807) is 0 Å². The van der Waals surface area contributed by atoms with Gasteiger partial charge in [0.2, 0.25) is 0 Å². The van der Waals surface area contributed by atoms with Crippen LogP contribution in [0.25, 0.3) is 11.4 Å². The van der Waals surface area contributed by atoms with Gasteiger partial charge < -0.3 is 10.1 Å². The van der Waals surface area contributed by atoms with E-state index in [1.807, 2.05) is 44.2 Å². The summed E-state index contributed by atoms with van der Waals surface area (Å²) in [6.45, 7) is 6.07. The SMILES string of the molecule is Cc1cc(C)nc(-c2cccc(C(=O)NCC3CCOC3)c2)n1. The molecule has 23 heavy (non-hydrogen) atoms. The second kappa shape index (κ2) is 6.87. The van der Waals surface area contributed by atoms with Gasteiger partial charge in [0.25, 0.3) is 5.91 Å². The molecule has 3 rings (SSSR count). The molecule has 0 bridgehead atoms. The lowest BCUT2D eigenvalue weighted by atomic mass is 10.1. The number of carbonyl (C=O) groups is 1. The smallest absolute Gasteiger partial charge is 0.251 e. The van der Waals surface area contributed by atoms with Gasteiger partial charge in [-0.2, -0.15) is 0 Å². The fraction of sp³-hybridized carbons (Fsp3) is 0.389. The van der Waals surface area contributed by atoms with Gasteiger partial charge in [-0.05, 0) is 38.5 Å². The summed E-state index contributed by atoms with van der Waals surface area (Å²) in [4.78, 5) is 21.2. The van der Waals surface area contributed by atoms with Gasteiger partial charge in [-0.1, -0.05) is 12.1 Å². The largest absolute Gasteiger partial charge is 0.381 e. The Balaban J connectivity index is 1.74. The lowest BCUT2D eigenvalue weighted by molar-refractivity contribution is 0.0945. The molecule has 2 aromatic rings. The molecule has 1 saturated heterocycles. The van der Waals surface area contributed by atoms with Crippen LogP contribution in [-0.4, -0.2) is 35.6 Å². The number of carbonyl (C=O) groups excluding carboxylic acids is 1. The van der Waals surface area contributed by atoms with Gasteiger partial charge in [0.15, 0.2) is 5.82 Å². The molecule has 5 nitrogen and oxygen atoms in total. The van der Waals surface area contributed by atoms with Gasteiger partial charge in [-0.25, -0.2) is 9.97 Å². The van der Waals surface area contributed by atoms with Gasteiger partial charge >= 0.3 is 0 Å². The zero-order chi connectivity index (χ0) is 16.2. The van der Waals surface area contributed by atoms with E-state index in [0.29, 0.717) is 23.9 Å². The van der Waals surface area contributed by atoms with Crippen LogP contribution in [0.5, 0.6) is 0 Å². The Hall–Kier alpha value is -2.27. The van der Waals surface area contributed by atoms with Gasteiger partial charge in [0.1, 0.15) is 0 Å². The summed E-state index contributed by atoms with van der Waals surface area (Å²) in [5.74, 6) is 1.01. The Kier molecular flexibility index (Phi) is 4.67. The fourth-order valence-corrected chi connectivity index (χ4v) is 2.74. The first kappa shape index (κ1) is 15.6. The Morgan fingerprint density at radius 2 is 2.04 bits per heavy atom. The standard InChI is InChI=1S/C18H21N3O2/c1-12-8-13(2)21-17(20-12)15-4-3-5-16(9-15)18(22)19-10-14-6-7-23-11-14/h3-5,8-9,14H,6-7,10-11H2,1-2H3,(H,19,22). The van der Waals surface area contributed by atoms with E-state index < -0.39 is 0 Å². The van der Waals surface area contributed by atoms with Crippen molar-refractivity contribution in [2.75, 3.05) is 19.8 Å². The van der Waals surface area contributed by atoms with Crippen LogP contribution in [0.2, 0.25) is 0 Å². The van der Waals surface area contributed by atoms with Crippen LogP contribution in [0.3, 0.4) is 0 Å². The second-order valence-corrected chi connectivity index (χ2v) is 5.99. The molecular formula is C18H21N3O2. The number of ether oxygens (including phenoxy) is 1. The summed E-state index contributed by atoms with van der Waals surface area (Å²) in [7, 11) is 0. The molecule has 120 valence electrons. The summed E-state index contributed by atoms with van der Waals surface area (Å²) >= 11 is 0. The van der Waals surface area contributed by atoms with Crippen molar-refractivity contribution in [3.05, 3.63) is 47.3 Å². The maximum absolute atomic E-state index is 12.3. The zero-order valence-electron chi connectivity index (χ0n) is 13.5. The average molecular weight is 311 g/mol. The topological polar surface area (TPSA) is 64.1 Å². The summed E-state index contributed by atoms with van der Waals surface area (Å²) in [5, 5.41) is 2.98. The first-order chi connectivity index (χ1) is 11.1. The van der Waals surface area contributed by atoms with E-state index in [1.165, 1.54) is 0 Å². The third-order valence-corrected chi connectivity index (χ3v) is 3.94. The van der Waals surface area contributed by atoms with Crippen LogP contribution >= 0.6 is 0 Å². The van der Waals surface area contributed by atoms with Crippen LogP contribution in [0.15, 0.2) is 30.3 Å². The molecule has 0 radical (unpaired) electrons. The third kappa shape index (κ3) is 3.93. The van der Waals surface area contributed by atoms with E-state index in [9.17, 15) is 4.79 Å². The molecule has 5 heteroatoms. The number of hydrogen-bond acceptors (Lipinski definition) is 4. The number of hydrogen-bond donors (Lipinski definition) is 1. The van der Waals surface area contributed by atoms with Gasteiger partial charge in [0, 0.05) is 41.6 Å². The van der Waals surface area contributed by atoms with Gasteiger partial charge in [0.05, 0.1) is 6.61 Å². The minimum absolute atomic E-state index is 0.0666. The molecule has 1 fully saturated rings. The third-order valence-electron chi connectivity index (χ3n) is 3.94. The quantitative estimate of drug-likeness (QED) is 0.942. The Morgan fingerprint density at radius 1 is 1.26 bits per heavy atom. The molecular weight excluding hydrogens is 290 g/mol. The molecule has 1 aromatic carbocycles. The highest BCUT2D eigenvalue weighted by atomic mass is 16.5. The number of nitrogens with one attached hydrogen (secondary N) is 1. The van der Waals surface area contributed by atoms with Gasteiger partial charge in [-0.15, -0.1) is 0 Å². The monoisotopic (exact) mass is 311 g/mol. The molecule has 1 aliphatic heterocycles. The number of aryl methyl sites for hydroxylation is 2. The van der Waals surface area contributed by atoms with E-state index in [0.717, 1.165) is 36.6 Å². The van der Waals surface area contributed by atoms with Crippen molar-refractivity contribution < 1.29 is 9.53 Å². The van der Waals surface area contributed by atoms with E-state index >= 15 is 0 Å². The predicted octanol–water partition coefficient (Wildman–Crippen LogP) is 2.53. The molecule has 1 N–H and O–H groups in total. The minimum atomic E-state index is -0.0666. The van der Waals surface area contributed by atoms with E-state index in [-0.39, 0.29) is 5.91 Å². The van der Waals surface area contributed by atoms with Crippen LogP contribution in [0.4, 0.5) is 0 Å². The summed E-state index contributed by atoms with van der Waals surface area (Å²) < 4.78 is 5.33. The number of amides is 1. The molecule has 1 unspecified atom stereocenters. The van der Waals surface area contributed by atoms with Crippen LogP contribution in [0, 0.1) is 19.8 Å². The highest BCUT2D eigenvalue weighted by Gasteiger charge is 2.17. The van der Waals surface area contributed by atoms with Crippen molar-refractivity contribution in [3.63, 3.8) is 0 Å². The molecule has 1 aliphatic rings. The number of nitrogens with zero attached hydrogens (tertiary/aromatic N) is 2. The maximum atomic E-state index is 12.3. The Labute approximate surface area is 136 Å². The molecule has 0 aliphatic carbocycles. The summed E-state index contributed by atoms with van der Waals surface area (Å²) in [6.07, 6.45) is 1.01. The first-order valence-electron chi connectivity index (χ1n) is 7.90. The van der Waals surface area contributed by atoms with Crippen LogP contribution < -0.4 is 5.32 Å². The molecule has 2 heterocycles. The molecule has 1 atom stereocenters. The number of aromatic nitrogens is 2. The van der Waals surface area contributed by atoms with Crippen molar-refractivity contribution in [3.8, 4) is 11.4 Å². The van der Waals surface area contributed by atoms with Crippen LogP contribution in [-0.2, 0) is 4.74 Å². The van der Waals surface area contributed by atoms with Crippen LogP contribution in [0.1, 0.15) is 28.2 Å². The minimum Gasteiger partial charge on any atom is -0.381 e. The predicted molar refractivity (Wildman–Crippen MR) is 88.2 cm³/mol. The van der Waals surface area contributed by atoms with Crippen molar-refractivity contribution in [1.82, 2.24) is 15.3 Å². The van der Waals surface area contributed by atoms with Crippen molar-refractivity contribution in [2.24, 2.45) is 5.92 Å². The van der Waals surface area contributed by atoms with E-state index in [4.69, 9.17) is 4.74 Å². The van der Waals surface area contributed by atoms with Gasteiger partial charge in [-0.3, -0.25) is 4.79 Å². The molecule has 0 spiro atoms. The Morgan fingerprint density at radius 3 is 2.74 bits per heavy atom. The average Bonchev–Trinajstić information content (AvgIpc) is 3.05. The number of benzene rings is 1. The summed E-state index contributed by atoms with van der Waals surface area (Å²) in [6, 6.07) is 9.38. The molecule has 1 aromatic heterocycles. The zero-order valence-corrected chi connectivity index (χ0v) is 13.5. The normalized spacial score (nSPS) is 17.2. The Bertz CT molecular complexity index is 689. The maximum Gasteiger partial charge on any atom is 0.251 e. The fourth-order valence-electron chi connectivity index (χ4n) is 2.74. The lowest BCUT2D eigenvalue weighted by Crippen LogP contribution is -2.29. The second-order valence-electron chi connectivity index (χ2n) is 5.99. The lowest BCUT2D eigenvalue weighted by Gasteiger charge is -2.10. The molecule has 0 saturated carbocycles. The van der Waals surface area contributed by atoms with Crippen molar-refractivity contribution >= 4 is 5.91 Å². The number of rotatable bonds is 4. The van der Waals surface area contributed by atoms with E-state index in [2.05, 4.69) is 15.3 Å². The molecule has 1 amide bonds. The van der Waals surface area contributed by atoms with Crippen molar-refractivity contribution in [1.29, 1.82) is 0 Å². The van der Waals surface area contributed by atoms with Crippen molar-refractivity contribution in [2.45, 2.75) is 20.3 Å². The first-order valence-corrected chi connectivity index (χ1v) is 7.90. The highest BCUT2D eigenvalue weighted by Crippen LogP contribution is 2.18. The highest BCUT2D eigenvalue weighted by molar-refractivity contribution is 5.95. The summed E-state index contributed by atoms with van der Waals surface area (Å²) in [5.41, 5.74) is 3.32.